The fourth-order valence-corrected chi connectivity index (χ4v) is 4.65. The number of nitrogens with one attached hydrogen (secondary N) is 2. The highest BCUT2D eigenvalue weighted by Crippen LogP contribution is 2.29. The monoisotopic (exact) mass is 438 g/mol. The zero-order valence-corrected chi connectivity index (χ0v) is 18.3. The molecule has 0 spiro atoms. The summed E-state index contributed by atoms with van der Waals surface area (Å²) in [5.74, 6) is -0.596. The average molecular weight is 439 g/mol. The Morgan fingerprint density at radius 1 is 0.758 bits per heavy atom. The Hall–Kier alpha value is -3.86. The minimum atomic E-state index is -0.400. The Bertz CT molecular complexity index is 1350. The molecule has 5 heteroatoms. The van der Waals surface area contributed by atoms with Gasteiger partial charge in [0.15, 0.2) is 0 Å². The maximum Gasteiger partial charge on any atom is 0.259 e. The van der Waals surface area contributed by atoms with Gasteiger partial charge in [0.1, 0.15) is 5.75 Å². The summed E-state index contributed by atoms with van der Waals surface area (Å²) in [5.41, 5.74) is 1.40. The van der Waals surface area contributed by atoms with E-state index in [-0.39, 0.29) is 23.3 Å². The van der Waals surface area contributed by atoms with Crippen LogP contribution in [0.1, 0.15) is 52.8 Å². The van der Waals surface area contributed by atoms with Gasteiger partial charge < -0.3 is 15.7 Å². The smallest absolute Gasteiger partial charge is 0.259 e. The lowest BCUT2D eigenvalue weighted by molar-refractivity contribution is 0.0927. The van der Waals surface area contributed by atoms with Gasteiger partial charge in [-0.25, -0.2) is 0 Å². The van der Waals surface area contributed by atoms with Crippen LogP contribution in [0.4, 0.5) is 5.69 Å². The zero-order chi connectivity index (χ0) is 22.8. The van der Waals surface area contributed by atoms with Crippen LogP contribution in [-0.2, 0) is 0 Å². The van der Waals surface area contributed by atoms with E-state index in [4.69, 9.17) is 0 Å². The molecule has 0 bridgehead atoms. The minimum absolute atomic E-state index is 0.0976. The average Bonchev–Trinajstić information content (AvgIpc) is 2.84. The molecule has 1 aliphatic carbocycles. The molecule has 5 rings (SSSR count). The second kappa shape index (κ2) is 8.94. The Balaban J connectivity index is 1.42. The summed E-state index contributed by atoms with van der Waals surface area (Å²) in [6.07, 6.45) is 5.57. The maximum atomic E-state index is 13.1. The summed E-state index contributed by atoms with van der Waals surface area (Å²) in [4.78, 5) is 25.8. The van der Waals surface area contributed by atoms with E-state index in [0.29, 0.717) is 11.3 Å². The third-order valence-electron chi connectivity index (χ3n) is 6.44. The van der Waals surface area contributed by atoms with Crippen molar-refractivity contribution < 1.29 is 14.7 Å². The van der Waals surface area contributed by atoms with Crippen molar-refractivity contribution in [3.63, 3.8) is 0 Å². The van der Waals surface area contributed by atoms with Crippen LogP contribution in [0.2, 0.25) is 0 Å². The van der Waals surface area contributed by atoms with Crippen LogP contribution in [0.15, 0.2) is 72.8 Å². The molecular formula is C28H26N2O3. The normalized spacial score (nSPS) is 14.3. The first kappa shape index (κ1) is 21.0. The topological polar surface area (TPSA) is 78.4 Å². The van der Waals surface area contributed by atoms with Crippen LogP contribution in [0.5, 0.6) is 5.75 Å². The summed E-state index contributed by atoms with van der Waals surface area (Å²) < 4.78 is 0. The Morgan fingerprint density at radius 3 is 2.39 bits per heavy atom. The van der Waals surface area contributed by atoms with E-state index >= 15 is 0 Å². The molecule has 1 saturated carbocycles. The number of hydrogen-bond donors (Lipinski definition) is 3. The quantitative estimate of drug-likeness (QED) is 0.365. The van der Waals surface area contributed by atoms with E-state index in [9.17, 15) is 14.7 Å². The maximum absolute atomic E-state index is 13.1. The van der Waals surface area contributed by atoms with Gasteiger partial charge in [-0.2, -0.15) is 0 Å². The molecule has 0 aromatic heterocycles. The number of phenolic OH excluding ortho intramolecular Hbond substituents is 1. The van der Waals surface area contributed by atoms with E-state index in [0.717, 1.165) is 47.2 Å². The molecule has 0 aliphatic heterocycles. The molecule has 0 saturated heterocycles. The van der Waals surface area contributed by atoms with E-state index in [2.05, 4.69) is 10.6 Å². The summed E-state index contributed by atoms with van der Waals surface area (Å²) in [6, 6.07) is 22.3. The van der Waals surface area contributed by atoms with Gasteiger partial charge in [-0.1, -0.05) is 61.7 Å². The number of anilines is 1. The largest absolute Gasteiger partial charge is 0.507 e. The number of fused-ring (bicyclic) bond motifs is 2. The van der Waals surface area contributed by atoms with Crippen LogP contribution in [-0.4, -0.2) is 23.0 Å². The minimum Gasteiger partial charge on any atom is -0.507 e. The molecule has 0 heterocycles. The van der Waals surface area contributed by atoms with Gasteiger partial charge in [-0.05, 0) is 59.3 Å². The van der Waals surface area contributed by atoms with Gasteiger partial charge in [-0.3, -0.25) is 9.59 Å². The lowest BCUT2D eigenvalue weighted by atomic mass is 9.95. The number of rotatable bonds is 4. The zero-order valence-electron chi connectivity index (χ0n) is 18.3. The van der Waals surface area contributed by atoms with Crippen molar-refractivity contribution in [3.05, 3.63) is 83.9 Å². The van der Waals surface area contributed by atoms with E-state index in [1.54, 1.807) is 30.3 Å². The molecule has 33 heavy (non-hydrogen) atoms. The molecule has 3 N–H and O–H groups in total. The Labute approximate surface area is 192 Å². The van der Waals surface area contributed by atoms with Gasteiger partial charge in [0.05, 0.1) is 5.56 Å². The van der Waals surface area contributed by atoms with Crippen molar-refractivity contribution in [1.82, 2.24) is 5.32 Å². The van der Waals surface area contributed by atoms with Crippen LogP contribution in [0.3, 0.4) is 0 Å². The lowest BCUT2D eigenvalue weighted by Gasteiger charge is -2.22. The van der Waals surface area contributed by atoms with E-state index < -0.39 is 5.91 Å². The molecule has 0 atom stereocenters. The molecule has 1 aliphatic rings. The third-order valence-corrected chi connectivity index (χ3v) is 6.44. The van der Waals surface area contributed by atoms with E-state index in [1.807, 2.05) is 42.5 Å². The summed E-state index contributed by atoms with van der Waals surface area (Å²) >= 11 is 0. The van der Waals surface area contributed by atoms with Crippen LogP contribution < -0.4 is 10.6 Å². The summed E-state index contributed by atoms with van der Waals surface area (Å²) in [5, 5.41) is 20.0. The molecule has 2 amide bonds. The number of phenols is 1. The van der Waals surface area contributed by atoms with E-state index in [1.165, 1.54) is 6.42 Å². The molecule has 5 nitrogen and oxygen atoms in total. The number of benzene rings is 4. The standard InChI is InChI=1S/C28H26N2O3/c31-26-17-19-13-14-20(27(32)29-22-9-2-1-3-10-22)15-21(19)16-24(26)28(33)30-25-12-6-8-18-7-4-5-11-23(18)25/h4-8,11-17,22,31H,1-3,9-10H2,(H,29,32)(H,30,33). The van der Waals surface area contributed by atoms with Crippen molar-refractivity contribution >= 4 is 39.0 Å². The van der Waals surface area contributed by atoms with Gasteiger partial charge in [0, 0.05) is 22.7 Å². The second-order valence-electron chi connectivity index (χ2n) is 8.72. The second-order valence-corrected chi connectivity index (χ2v) is 8.72. The fourth-order valence-electron chi connectivity index (χ4n) is 4.65. The lowest BCUT2D eigenvalue weighted by Crippen LogP contribution is -2.36. The molecule has 4 aromatic rings. The highest BCUT2D eigenvalue weighted by molar-refractivity contribution is 6.12. The molecule has 166 valence electrons. The fraction of sp³-hybridized carbons (Fsp3) is 0.214. The highest BCUT2D eigenvalue weighted by Gasteiger charge is 2.18. The molecule has 0 unspecified atom stereocenters. The van der Waals surface area contributed by atoms with Crippen molar-refractivity contribution in [3.8, 4) is 5.75 Å². The summed E-state index contributed by atoms with van der Waals surface area (Å²) in [7, 11) is 0. The predicted molar refractivity (Wildman–Crippen MR) is 132 cm³/mol. The Kier molecular flexibility index (Phi) is 5.69. The van der Waals surface area contributed by atoms with Crippen LogP contribution >= 0.6 is 0 Å². The SMILES string of the molecule is O=C(NC1CCCCC1)c1ccc2cc(O)c(C(=O)Nc3cccc4ccccc34)cc2c1. The molecular weight excluding hydrogens is 412 g/mol. The van der Waals surface area contributed by atoms with Gasteiger partial charge in [0.2, 0.25) is 0 Å². The first-order valence-electron chi connectivity index (χ1n) is 11.5. The van der Waals surface area contributed by atoms with Gasteiger partial charge >= 0.3 is 0 Å². The number of amides is 2. The van der Waals surface area contributed by atoms with Crippen molar-refractivity contribution in [1.29, 1.82) is 0 Å². The number of carbonyl (C=O) groups is 2. The molecule has 1 fully saturated rings. The van der Waals surface area contributed by atoms with Gasteiger partial charge in [0.25, 0.3) is 11.8 Å². The highest BCUT2D eigenvalue weighted by atomic mass is 16.3. The predicted octanol–water partition coefficient (Wildman–Crippen LogP) is 6.01. The molecule has 0 radical (unpaired) electrons. The number of hydrogen-bond acceptors (Lipinski definition) is 3. The van der Waals surface area contributed by atoms with Crippen molar-refractivity contribution in [2.24, 2.45) is 0 Å². The first-order valence-corrected chi connectivity index (χ1v) is 11.5. The number of aromatic hydroxyl groups is 1. The first-order chi connectivity index (χ1) is 16.1. The number of carbonyl (C=O) groups excluding carboxylic acids is 2. The van der Waals surface area contributed by atoms with Crippen molar-refractivity contribution in [2.45, 2.75) is 38.1 Å². The van der Waals surface area contributed by atoms with Crippen molar-refractivity contribution in [2.75, 3.05) is 5.32 Å². The Morgan fingerprint density at radius 2 is 1.55 bits per heavy atom. The summed E-state index contributed by atoms with van der Waals surface area (Å²) in [6.45, 7) is 0. The van der Waals surface area contributed by atoms with Crippen LogP contribution in [0.25, 0.3) is 21.5 Å². The van der Waals surface area contributed by atoms with Gasteiger partial charge in [-0.15, -0.1) is 0 Å². The molecule has 4 aromatic carbocycles. The third kappa shape index (κ3) is 4.40. The van der Waals surface area contributed by atoms with Crippen LogP contribution in [0, 0.1) is 0 Å².